The van der Waals surface area contributed by atoms with Crippen molar-refractivity contribution >= 4 is 58.0 Å². The van der Waals surface area contributed by atoms with E-state index in [0.29, 0.717) is 11.3 Å². The van der Waals surface area contributed by atoms with Crippen LogP contribution >= 0.6 is 23.2 Å². The first-order valence-corrected chi connectivity index (χ1v) is 11.3. The van der Waals surface area contributed by atoms with Crippen molar-refractivity contribution in [3.05, 3.63) is 98.4 Å². The monoisotopic (exact) mass is 511 g/mol. The molecule has 0 saturated heterocycles. The molecule has 3 aromatic rings. The Morgan fingerprint density at radius 1 is 0.914 bits per heavy atom. The summed E-state index contributed by atoms with van der Waals surface area (Å²) in [5.74, 6) is -2.53. The van der Waals surface area contributed by atoms with Gasteiger partial charge in [0.25, 0.3) is 17.7 Å². The van der Waals surface area contributed by atoms with E-state index in [1.54, 1.807) is 24.3 Å². The molecule has 0 aliphatic carbocycles. The minimum absolute atomic E-state index is 0.0818. The van der Waals surface area contributed by atoms with Crippen LogP contribution in [-0.2, 0) is 9.59 Å². The second-order valence-corrected chi connectivity index (χ2v) is 8.95. The molecule has 0 radical (unpaired) electrons. The van der Waals surface area contributed by atoms with Crippen LogP contribution in [0.25, 0.3) is 0 Å². The molecule has 3 aromatic carbocycles. The lowest BCUT2D eigenvalue weighted by Crippen LogP contribution is -2.32. The fourth-order valence-electron chi connectivity index (χ4n) is 3.92. The minimum atomic E-state index is -0.777. The number of carbonyl (C=O) groups is 3. The van der Waals surface area contributed by atoms with Crippen LogP contribution in [0.1, 0.15) is 27.0 Å². The van der Waals surface area contributed by atoms with Gasteiger partial charge in [0, 0.05) is 16.9 Å². The first kappa shape index (κ1) is 24.4. The third-order valence-corrected chi connectivity index (χ3v) is 6.14. The number of halogens is 3. The van der Waals surface area contributed by atoms with Crippen molar-refractivity contribution in [3.8, 4) is 0 Å². The van der Waals surface area contributed by atoms with Crippen molar-refractivity contribution in [2.24, 2.45) is 0 Å². The van der Waals surface area contributed by atoms with Gasteiger partial charge < -0.3 is 10.6 Å². The maximum absolute atomic E-state index is 13.5. The third-order valence-electron chi connectivity index (χ3n) is 5.50. The molecule has 35 heavy (non-hydrogen) atoms. The van der Waals surface area contributed by atoms with E-state index in [1.165, 1.54) is 12.1 Å². The highest BCUT2D eigenvalue weighted by atomic mass is 35.5. The molecule has 178 valence electrons. The van der Waals surface area contributed by atoms with Gasteiger partial charge in [0.15, 0.2) is 0 Å². The van der Waals surface area contributed by atoms with Crippen LogP contribution in [0.5, 0.6) is 0 Å². The van der Waals surface area contributed by atoms with Gasteiger partial charge in [-0.1, -0.05) is 47.0 Å². The Morgan fingerprint density at radius 2 is 1.60 bits per heavy atom. The number of nitrogens with one attached hydrogen (secondary N) is 2. The SMILES string of the molecule is Cc1cc(C)c(NC(=O)c2cccc(NC3=C(Cl)C(=O)N(c4ccc(F)c(Cl)c4)C3=O)c2)c(C)c1. The molecule has 3 amide bonds. The summed E-state index contributed by atoms with van der Waals surface area (Å²) >= 11 is 12.0. The average Bonchev–Trinajstić information content (AvgIpc) is 3.01. The number of amides is 3. The Labute approximate surface area is 211 Å². The molecule has 6 nitrogen and oxygen atoms in total. The maximum Gasteiger partial charge on any atom is 0.283 e. The second-order valence-electron chi connectivity index (χ2n) is 8.17. The Kier molecular flexibility index (Phi) is 6.65. The summed E-state index contributed by atoms with van der Waals surface area (Å²) in [5, 5.41) is 5.19. The number of anilines is 3. The van der Waals surface area contributed by atoms with Gasteiger partial charge in [-0.3, -0.25) is 14.4 Å². The zero-order valence-electron chi connectivity index (χ0n) is 19.0. The number of hydrogen-bond donors (Lipinski definition) is 2. The summed E-state index contributed by atoms with van der Waals surface area (Å²) in [6.45, 7) is 5.83. The standard InChI is InChI=1S/C26H20Cl2FN3O3/c1-13-9-14(2)22(15(3)10-13)31-24(33)16-5-4-6-17(11-16)30-23-21(28)25(34)32(26(23)35)18-7-8-20(29)19(27)12-18/h4-12,30H,1-3H3,(H,31,33). The molecule has 4 rings (SSSR count). The molecule has 0 fully saturated rings. The first-order chi connectivity index (χ1) is 16.6. The van der Waals surface area contributed by atoms with E-state index in [-0.39, 0.29) is 27.3 Å². The topological polar surface area (TPSA) is 78.5 Å². The Hall–Kier alpha value is -3.68. The Morgan fingerprint density at radius 3 is 2.26 bits per heavy atom. The quantitative estimate of drug-likeness (QED) is 0.406. The van der Waals surface area contributed by atoms with Gasteiger partial charge in [0.1, 0.15) is 16.5 Å². The largest absolute Gasteiger partial charge is 0.350 e. The predicted molar refractivity (Wildman–Crippen MR) is 135 cm³/mol. The van der Waals surface area contributed by atoms with Crippen molar-refractivity contribution in [2.75, 3.05) is 15.5 Å². The van der Waals surface area contributed by atoms with Gasteiger partial charge in [-0.2, -0.15) is 0 Å². The summed E-state index contributed by atoms with van der Waals surface area (Å²) < 4.78 is 13.5. The molecule has 0 bridgehead atoms. The van der Waals surface area contributed by atoms with E-state index in [9.17, 15) is 18.8 Å². The fourth-order valence-corrected chi connectivity index (χ4v) is 4.30. The molecule has 1 heterocycles. The molecule has 0 saturated carbocycles. The van der Waals surface area contributed by atoms with E-state index in [0.717, 1.165) is 33.3 Å². The van der Waals surface area contributed by atoms with Crippen molar-refractivity contribution in [2.45, 2.75) is 20.8 Å². The van der Waals surface area contributed by atoms with E-state index in [4.69, 9.17) is 23.2 Å². The van der Waals surface area contributed by atoms with Crippen LogP contribution in [0.3, 0.4) is 0 Å². The maximum atomic E-state index is 13.5. The smallest absolute Gasteiger partial charge is 0.283 e. The highest BCUT2D eigenvalue weighted by Crippen LogP contribution is 2.32. The van der Waals surface area contributed by atoms with Crippen LogP contribution < -0.4 is 15.5 Å². The lowest BCUT2D eigenvalue weighted by molar-refractivity contribution is -0.120. The van der Waals surface area contributed by atoms with Crippen LogP contribution in [0.2, 0.25) is 5.02 Å². The number of benzene rings is 3. The number of carbonyl (C=O) groups excluding carboxylic acids is 3. The van der Waals surface area contributed by atoms with Gasteiger partial charge in [0.2, 0.25) is 0 Å². The molecule has 9 heteroatoms. The zero-order valence-corrected chi connectivity index (χ0v) is 20.5. The van der Waals surface area contributed by atoms with Gasteiger partial charge in [-0.25, -0.2) is 9.29 Å². The molecule has 0 unspecified atom stereocenters. The van der Waals surface area contributed by atoms with E-state index >= 15 is 0 Å². The minimum Gasteiger partial charge on any atom is -0.350 e. The van der Waals surface area contributed by atoms with Gasteiger partial charge in [-0.05, 0) is 68.3 Å². The Balaban J connectivity index is 1.56. The molecule has 2 N–H and O–H groups in total. The van der Waals surface area contributed by atoms with Crippen molar-refractivity contribution < 1.29 is 18.8 Å². The summed E-state index contributed by atoms with van der Waals surface area (Å²) in [6.07, 6.45) is 0. The molecule has 0 aromatic heterocycles. The molecule has 0 atom stereocenters. The highest BCUT2D eigenvalue weighted by Gasteiger charge is 2.39. The lowest BCUT2D eigenvalue weighted by atomic mass is 10.0. The summed E-state index contributed by atoms with van der Waals surface area (Å²) in [7, 11) is 0. The number of nitrogens with zero attached hydrogens (tertiary/aromatic N) is 1. The molecule has 1 aliphatic heterocycles. The lowest BCUT2D eigenvalue weighted by Gasteiger charge is -2.16. The number of imide groups is 1. The van der Waals surface area contributed by atoms with Crippen molar-refractivity contribution in [1.82, 2.24) is 0 Å². The number of hydrogen-bond acceptors (Lipinski definition) is 4. The van der Waals surface area contributed by atoms with Crippen LogP contribution in [-0.4, -0.2) is 17.7 Å². The number of aryl methyl sites for hydroxylation is 3. The molecule has 1 aliphatic rings. The third kappa shape index (κ3) is 4.78. The van der Waals surface area contributed by atoms with Gasteiger partial charge in [0.05, 0.1) is 10.7 Å². The molecular weight excluding hydrogens is 492 g/mol. The van der Waals surface area contributed by atoms with Crippen LogP contribution in [0, 0.1) is 26.6 Å². The van der Waals surface area contributed by atoms with Crippen molar-refractivity contribution in [1.29, 1.82) is 0 Å². The van der Waals surface area contributed by atoms with E-state index < -0.39 is 17.6 Å². The van der Waals surface area contributed by atoms with Crippen molar-refractivity contribution in [3.63, 3.8) is 0 Å². The summed E-state index contributed by atoms with van der Waals surface area (Å²) in [5.41, 5.74) is 4.35. The predicted octanol–water partition coefficient (Wildman–Crippen LogP) is 6.09. The van der Waals surface area contributed by atoms with Crippen LogP contribution in [0.15, 0.2) is 65.3 Å². The van der Waals surface area contributed by atoms with Crippen LogP contribution in [0.4, 0.5) is 21.5 Å². The average molecular weight is 512 g/mol. The normalized spacial score (nSPS) is 13.5. The van der Waals surface area contributed by atoms with E-state index in [2.05, 4.69) is 10.6 Å². The zero-order chi connectivity index (χ0) is 25.4. The Bertz CT molecular complexity index is 1410. The van der Waals surface area contributed by atoms with Gasteiger partial charge >= 0.3 is 0 Å². The fraction of sp³-hybridized carbons (Fsp3) is 0.115. The van der Waals surface area contributed by atoms with E-state index in [1.807, 2.05) is 32.9 Å². The second kappa shape index (κ2) is 9.52. The summed E-state index contributed by atoms with van der Waals surface area (Å²) in [6, 6.07) is 13.9. The van der Waals surface area contributed by atoms with Gasteiger partial charge in [-0.15, -0.1) is 0 Å². The summed E-state index contributed by atoms with van der Waals surface area (Å²) in [4.78, 5) is 39.3. The highest BCUT2D eigenvalue weighted by molar-refractivity contribution is 6.53. The molecule has 0 spiro atoms. The first-order valence-electron chi connectivity index (χ1n) is 10.6. The molecular formula is C26H20Cl2FN3O3. The number of rotatable bonds is 5.